The molecular formula is C18H25ClO9. The first-order valence-corrected chi connectivity index (χ1v) is 8.91. The highest BCUT2D eigenvalue weighted by atomic mass is 35.5. The van der Waals surface area contributed by atoms with Crippen LogP contribution in [0, 0.1) is 0 Å². The maximum atomic E-state index is 11.3. The maximum absolute atomic E-state index is 11.3. The van der Waals surface area contributed by atoms with Gasteiger partial charge in [0.15, 0.2) is 0 Å². The van der Waals surface area contributed by atoms with Crippen molar-refractivity contribution in [1.29, 1.82) is 0 Å². The molecule has 0 amide bonds. The minimum Gasteiger partial charge on any atom is -0.512 e. The van der Waals surface area contributed by atoms with Crippen LogP contribution in [0.5, 0.6) is 11.5 Å². The third-order valence-corrected chi connectivity index (χ3v) is 4.46. The normalized spacial score (nSPS) is 16.4. The van der Waals surface area contributed by atoms with E-state index in [4.69, 9.17) is 11.6 Å². The molecule has 0 heterocycles. The number of halogens is 1. The predicted molar refractivity (Wildman–Crippen MR) is 101 cm³/mol. The number of benzene rings is 1. The fraction of sp³-hybridized carbons (Fsp3) is 0.500. The summed E-state index contributed by atoms with van der Waals surface area (Å²) >= 11 is 5.86. The Morgan fingerprint density at radius 2 is 1.64 bits per heavy atom. The molecule has 28 heavy (non-hydrogen) atoms. The van der Waals surface area contributed by atoms with Gasteiger partial charge in [0.2, 0.25) is 0 Å². The smallest absolute Gasteiger partial charge is 0.340 e. The van der Waals surface area contributed by atoms with E-state index in [-0.39, 0.29) is 42.0 Å². The van der Waals surface area contributed by atoms with E-state index in [0.29, 0.717) is 0 Å². The van der Waals surface area contributed by atoms with E-state index in [9.17, 15) is 45.6 Å². The Kier molecular flexibility index (Phi) is 8.99. The zero-order valence-electron chi connectivity index (χ0n) is 15.2. The molecule has 0 fully saturated rings. The van der Waals surface area contributed by atoms with Crippen molar-refractivity contribution in [1.82, 2.24) is 0 Å². The lowest BCUT2D eigenvalue weighted by Crippen LogP contribution is -2.32. The van der Waals surface area contributed by atoms with Crippen LogP contribution in [0.15, 0.2) is 11.8 Å². The van der Waals surface area contributed by atoms with Crippen molar-refractivity contribution in [3.05, 3.63) is 28.0 Å². The van der Waals surface area contributed by atoms with Gasteiger partial charge >= 0.3 is 5.97 Å². The summed E-state index contributed by atoms with van der Waals surface area (Å²) in [5, 5.41) is 76.7. The molecule has 0 aromatic heterocycles. The fourth-order valence-corrected chi connectivity index (χ4v) is 2.83. The molecule has 0 radical (unpaired) electrons. The predicted octanol–water partition coefficient (Wildman–Crippen LogP) is 1.37. The number of hydrogen-bond acceptors (Lipinski definition) is 8. The highest BCUT2D eigenvalue weighted by Gasteiger charge is 2.23. The molecule has 0 saturated carbocycles. The summed E-state index contributed by atoms with van der Waals surface area (Å²) in [5.74, 6) is -3.21. The van der Waals surface area contributed by atoms with Crippen LogP contribution >= 0.6 is 11.6 Å². The largest absolute Gasteiger partial charge is 0.512 e. The molecule has 1 aromatic carbocycles. The van der Waals surface area contributed by atoms with E-state index in [2.05, 4.69) is 0 Å². The highest BCUT2D eigenvalue weighted by Crippen LogP contribution is 2.37. The Bertz CT molecular complexity index is 717. The maximum Gasteiger partial charge on any atom is 0.340 e. The van der Waals surface area contributed by atoms with Gasteiger partial charge in [-0.25, -0.2) is 4.79 Å². The SMILES string of the molecule is C[C@H](O)C[C@H](O)[C@@H](O)C[C@@H](O)CCC(O)=Cc1c(Cl)c(O)cc(O)c1C(=O)O. The Hall–Kier alpha value is -2.04. The summed E-state index contributed by atoms with van der Waals surface area (Å²) in [4.78, 5) is 11.3. The molecular weight excluding hydrogens is 396 g/mol. The van der Waals surface area contributed by atoms with Crippen molar-refractivity contribution in [2.24, 2.45) is 0 Å². The van der Waals surface area contributed by atoms with E-state index in [0.717, 1.165) is 12.1 Å². The standard InChI is InChI=1S/C18H25ClO9/c1-8(20)4-12(23)13(24)6-10(22)3-2-9(21)5-11-16(18(27)28)14(25)7-15(26)17(11)19/h5,7-8,10,12-13,20-26H,2-4,6H2,1H3,(H,27,28)/t8-,10-,12-,13-/m0/s1. The second-order valence-corrected chi connectivity index (χ2v) is 6.98. The van der Waals surface area contributed by atoms with Crippen LogP contribution in [-0.2, 0) is 0 Å². The summed E-state index contributed by atoms with van der Waals surface area (Å²) in [7, 11) is 0. The zero-order valence-corrected chi connectivity index (χ0v) is 15.9. The number of carboxylic acid groups (broad SMARTS) is 1. The molecule has 0 bridgehead atoms. The van der Waals surface area contributed by atoms with Crippen LogP contribution < -0.4 is 0 Å². The van der Waals surface area contributed by atoms with E-state index < -0.39 is 47.4 Å². The Labute approximate surface area is 166 Å². The molecule has 0 saturated heterocycles. The van der Waals surface area contributed by atoms with Gasteiger partial charge < -0.3 is 40.9 Å². The van der Waals surface area contributed by atoms with Crippen LogP contribution in [0.4, 0.5) is 0 Å². The number of aromatic hydroxyl groups is 2. The number of aliphatic hydroxyl groups excluding tert-OH is 5. The molecule has 1 aromatic rings. The second-order valence-electron chi connectivity index (χ2n) is 6.61. The van der Waals surface area contributed by atoms with E-state index >= 15 is 0 Å². The van der Waals surface area contributed by atoms with E-state index in [1.165, 1.54) is 6.92 Å². The van der Waals surface area contributed by atoms with Crippen molar-refractivity contribution in [3.63, 3.8) is 0 Å². The Morgan fingerprint density at radius 3 is 2.18 bits per heavy atom. The van der Waals surface area contributed by atoms with Crippen molar-refractivity contribution in [2.75, 3.05) is 0 Å². The number of aliphatic hydroxyl groups is 5. The minimum atomic E-state index is -1.52. The first-order chi connectivity index (χ1) is 12.9. The Balaban J connectivity index is 2.82. The third kappa shape index (κ3) is 6.84. The summed E-state index contributed by atoms with van der Waals surface area (Å²) < 4.78 is 0. The first kappa shape index (κ1) is 24.0. The number of aromatic carboxylic acids is 1. The summed E-state index contributed by atoms with van der Waals surface area (Å²) in [6.45, 7) is 1.45. The average molecular weight is 421 g/mol. The van der Waals surface area contributed by atoms with Crippen molar-refractivity contribution in [3.8, 4) is 11.5 Å². The molecule has 0 aliphatic rings. The molecule has 9 nitrogen and oxygen atoms in total. The monoisotopic (exact) mass is 420 g/mol. The number of carboxylic acids is 1. The van der Waals surface area contributed by atoms with Gasteiger partial charge in [-0.15, -0.1) is 0 Å². The van der Waals surface area contributed by atoms with Gasteiger partial charge in [-0.05, 0) is 19.4 Å². The van der Waals surface area contributed by atoms with Crippen molar-refractivity contribution in [2.45, 2.75) is 57.0 Å². The van der Waals surface area contributed by atoms with Gasteiger partial charge in [-0.2, -0.15) is 0 Å². The fourth-order valence-electron chi connectivity index (χ4n) is 2.62. The van der Waals surface area contributed by atoms with Gasteiger partial charge in [0, 0.05) is 30.9 Å². The lowest BCUT2D eigenvalue weighted by Gasteiger charge is -2.21. The molecule has 0 spiro atoms. The summed E-state index contributed by atoms with van der Waals surface area (Å²) in [6, 6.07) is 0.768. The number of phenolic OH excluding ortho intramolecular Hbond substituents is 1. The molecule has 158 valence electrons. The molecule has 8 N–H and O–H groups in total. The molecule has 10 heteroatoms. The second kappa shape index (κ2) is 10.5. The molecule has 1 rings (SSSR count). The van der Waals surface area contributed by atoms with Crippen LogP contribution in [-0.4, -0.2) is 71.2 Å². The minimum absolute atomic E-state index is 0.0361. The molecule has 0 unspecified atom stereocenters. The highest BCUT2D eigenvalue weighted by molar-refractivity contribution is 6.34. The average Bonchev–Trinajstić information content (AvgIpc) is 2.56. The summed E-state index contributed by atoms with van der Waals surface area (Å²) in [5.41, 5.74) is -0.905. The van der Waals surface area contributed by atoms with Crippen LogP contribution in [0.3, 0.4) is 0 Å². The Morgan fingerprint density at radius 1 is 1.07 bits per heavy atom. The third-order valence-electron chi connectivity index (χ3n) is 4.06. The summed E-state index contributed by atoms with van der Waals surface area (Å²) in [6.07, 6.45) is -3.88. The molecule has 0 aliphatic carbocycles. The van der Waals surface area contributed by atoms with E-state index in [1.54, 1.807) is 0 Å². The molecule has 0 aliphatic heterocycles. The number of rotatable bonds is 10. The number of hydrogen-bond donors (Lipinski definition) is 8. The lowest BCUT2D eigenvalue weighted by molar-refractivity contribution is -0.0329. The van der Waals surface area contributed by atoms with Gasteiger partial charge in [0.1, 0.15) is 17.1 Å². The van der Waals surface area contributed by atoms with Crippen LogP contribution in [0.25, 0.3) is 6.08 Å². The molecule has 4 atom stereocenters. The first-order valence-electron chi connectivity index (χ1n) is 8.53. The quantitative estimate of drug-likeness (QED) is 0.259. The number of phenols is 2. The number of allylic oxidation sites excluding steroid dienone is 1. The van der Waals surface area contributed by atoms with E-state index in [1.807, 2.05) is 0 Å². The topological polar surface area (TPSA) is 179 Å². The lowest BCUT2D eigenvalue weighted by atomic mass is 9.99. The van der Waals surface area contributed by atoms with Crippen molar-refractivity contribution < 1.29 is 45.6 Å². The van der Waals surface area contributed by atoms with Gasteiger partial charge in [0.05, 0.1) is 35.2 Å². The van der Waals surface area contributed by atoms with Crippen LogP contribution in [0.2, 0.25) is 5.02 Å². The zero-order chi connectivity index (χ0) is 21.6. The van der Waals surface area contributed by atoms with Crippen LogP contribution in [0.1, 0.15) is 48.5 Å². The van der Waals surface area contributed by atoms with Gasteiger partial charge in [-0.1, -0.05) is 11.6 Å². The van der Waals surface area contributed by atoms with Crippen molar-refractivity contribution >= 4 is 23.6 Å². The number of carbonyl (C=O) groups is 1. The van der Waals surface area contributed by atoms with Gasteiger partial charge in [0.25, 0.3) is 0 Å². The van der Waals surface area contributed by atoms with Gasteiger partial charge in [-0.3, -0.25) is 0 Å².